The van der Waals surface area contributed by atoms with Crippen LogP contribution in [-0.2, 0) is 4.74 Å². The van der Waals surface area contributed by atoms with Gasteiger partial charge in [0.2, 0.25) is 0 Å². The highest BCUT2D eigenvalue weighted by atomic mass is 16.5. The Labute approximate surface area is 56.8 Å². The summed E-state index contributed by atoms with van der Waals surface area (Å²) in [5.41, 5.74) is 0. The Morgan fingerprint density at radius 3 is 2.56 bits per heavy atom. The lowest BCUT2D eigenvalue weighted by atomic mass is 10.1. The van der Waals surface area contributed by atoms with Gasteiger partial charge in [0.1, 0.15) is 0 Å². The summed E-state index contributed by atoms with van der Waals surface area (Å²) in [7, 11) is 1.71. The van der Waals surface area contributed by atoms with Crippen molar-refractivity contribution in [3.05, 3.63) is 0 Å². The van der Waals surface area contributed by atoms with E-state index in [4.69, 9.17) is 9.84 Å². The van der Waals surface area contributed by atoms with Gasteiger partial charge in [0, 0.05) is 13.7 Å². The fourth-order valence-corrected chi connectivity index (χ4v) is 0.808. The first-order valence-corrected chi connectivity index (χ1v) is 3.48. The minimum absolute atomic E-state index is 0.278. The van der Waals surface area contributed by atoms with Crippen LogP contribution >= 0.6 is 0 Å². The highest BCUT2D eigenvalue weighted by Crippen LogP contribution is 2.03. The van der Waals surface area contributed by atoms with Crippen molar-refractivity contribution in [2.24, 2.45) is 0 Å². The van der Waals surface area contributed by atoms with Gasteiger partial charge in [-0.1, -0.05) is 6.92 Å². The largest absolute Gasteiger partial charge is 0.396 e. The summed E-state index contributed by atoms with van der Waals surface area (Å²) in [6, 6.07) is 0. The molecule has 0 aromatic rings. The van der Waals surface area contributed by atoms with E-state index in [0.29, 0.717) is 6.10 Å². The van der Waals surface area contributed by atoms with Crippen LogP contribution in [0.5, 0.6) is 0 Å². The third kappa shape index (κ3) is 4.43. The van der Waals surface area contributed by atoms with Crippen molar-refractivity contribution >= 4 is 0 Å². The first-order valence-electron chi connectivity index (χ1n) is 3.48. The zero-order chi connectivity index (χ0) is 7.11. The normalized spacial score (nSPS) is 13.7. The van der Waals surface area contributed by atoms with Crippen molar-refractivity contribution < 1.29 is 9.84 Å². The molecule has 0 aliphatic heterocycles. The maximum absolute atomic E-state index is 8.45. The summed E-state index contributed by atoms with van der Waals surface area (Å²) in [5.74, 6) is 0. The Morgan fingerprint density at radius 2 is 2.22 bits per heavy atom. The first-order chi connectivity index (χ1) is 4.35. The fourth-order valence-electron chi connectivity index (χ4n) is 0.808. The quantitative estimate of drug-likeness (QED) is 0.608. The second-order valence-corrected chi connectivity index (χ2v) is 2.13. The topological polar surface area (TPSA) is 29.5 Å². The minimum Gasteiger partial charge on any atom is -0.396 e. The number of methoxy groups -OCH3 is 1. The van der Waals surface area contributed by atoms with Crippen LogP contribution in [0.3, 0.4) is 0 Å². The van der Waals surface area contributed by atoms with Gasteiger partial charge in [-0.15, -0.1) is 0 Å². The van der Waals surface area contributed by atoms with E-state index in [9.17, 15) is 0 Å². The van der Waals surface area contributed by atoms with Crippen LogP contribution in [0.4, 0.5) is 0 Å². The molecule has 0 rings (SSSR count). The number of aliphatic hydroxyl groups is 1. The predicted molar refractivity (Wildman–Crippen MR) is 37.4 cm³/mol. The minimum atomic E-state index is 0.278. The molecule has 1 unspecified atom stereocenters. The summed E-state index contributed by atoms with van der Waals surface area (Å²) in [4.78, 5) is 0. The molecule has 9 heavy (non-hydrogen) atoms. The lowest BCUT2D eigenvalue weighted by molar-refractivity contribution is 0.0850. The SMILES string of the molecule is CCC(CCCO)OC. The molecule has 0 fully saturated rings. The maximum atomic E-state index is 8.45. The van der Waals surface area contributed by atoms with Crippen molar-refractivity contribution in [1.29, 1.82) is 0 Å². The molecule has 0 amide bonds. The Hall–Kier alpha value is -0.0800. The molecular weight excluding hydrogens is 116 g/mol. The van der Waals surface area contributed by atoms with Crippen molar-refractivity contribution in [3.8, 4) is 0 Å². The molecule has 2 nitrogen and oxygen atoms in total. The molecule has 0 saturated heterocycles. The van der Waals surface area contributed by atoms with E-state index in [0.717, 1.165) is 19.3 Å². The Balaban J connectivity index is 3.09. The second kappa shape index (κ2) is 6.05. The molecule has 0 aromatic carbocycles. The molecule has 0 heterocycles. The molecule has 0 saturated carbocycles. The van der Waals surface area contributed by atoms with E-state index >= 15 is 0 Å². The number of hydrogen-bond donors (Lipinski definition) is 1. The molecule has 0 aromatic heterocycles. The van der Waals surface area contributed by atoms with E-state index < -0.39 is 0 Å². The van der Waals surface area contributed by atoms with Gasteiger partial charge in [0.15, 0.2) is 0 Å². The average Bonchev–Trinajstić information content (AvgIpc) is 1.91. The third-order valence-electron chi connectivity index (χ3n) is 1.47. The van der Waals surface area contributed by atoms with Crippen LogP contribution in [0.25, 0.3) is 0 Å². The first kappa shape index (κ1) is 8.92. The van der Waals surface area contributed by atoms with Crippen LogP contribution in [-0.4, -0.2) is 24.9 Å². The third-order valence-corrected chi connectivity index (χ3v) is 1.47. The van der Waals surface area contributed by atoms with Crippen LogP contribution in [0.2, 0.25) is 0 Å². The van der Waals surface area contributed by atoms with Gasteiger partial charge in [-0.2, -0.15) is 0 Å². The van der Waals surface area contributed by atoms with Crippen LogP contribution < -0.4 is 0 Å². The van der Waals surface area contributed by atoms with E-state index in [1.54, 1.807) is 7.11 Å². The fraction of sp³-hybridized carbons (Fsp3) is 1.00. The van der Waals surface area contributed by atoms with Crippen molar-refractivity contribution in [1.82, 2.24) is 0 Å². The molecule has 56 valence electrons. The number of ether oxygens (including phenoxy) is 1. The molecular formula is C7H16O2. The highest BCUT2D eigenvalue weighted by molar-refractivity contribution is 4.52. The molecule has 2 heteroatoms. The number of aliphatic hydroxyl groups excluding tert-OH is 1. The summed E-state index contributed by atoms with van der Waals surface area (Å²) in [6.07, 6.45) is 3.21. The van der Waals surface area contributed by atoms with Gasteiger partial charge < -0.3 is 9.84 Å². The zero-order valence-electron chi connectivity index (χ0n) is 6.26. The van der Waals surface area contributed by atoms with Crippen LogP contribution in [0, 0.1) is 0 Å². The maximum Gasteiger partial charge on any atom is 0.0569 e. The number of hydrogen-bond acceptors (Lipinski definition) is 2. The smallest absolute Gasteiger partial charge is 0.0569 e. The Bertz CT molecular complexity index is 50.9. The highest BCUT2D eigenvalue weighted by Gasteiger charge is 2.01. The lowest BCUT2D eigenvalue weighted by Gasteiger charge is -2.10. The molecule has 1 atom stereocenters. The standard InChI is InChI=1S/C7H16O2/c1-3-7(9-2)5-4-6-8/h7-8H,3-6H2,1-2H3. The van der Waals surface area contributed by atoms with Crippen LogP contribution in [0.15, 0.2) is 0 Å². The van der Waals surface area contributed by atoms with E-state index in [-0.39, 0.29) is 6.61 Å². The monoisotopic (exact) mass is 132 g/mol. The number of rotatable bonds is 5. The van der Waals surface area contributed by atoms with Gasteiger partial charge in [-0.3, -0.25) is 0 Å². The summed E-state index contributed by atoms with van der Waals surface area (Å²) in [6.45, 7) is 2.37. The predicted octanol–water partition coefficient (Wildman–Crippen LogP) is 1.18. The van der Waals surface area contributed by atoms with E-state index in [1.165, 1.54) is 0 Å². The molecule has 0 aliphatic rings. The zero-order valence-corrected chi connectivity index (χ0v) is 6.26. The average molecular weight is 132 g/mol. The van der Waals surface area contributed by atoms with E-state index in [2.05, 4.69) is 6.92 Å². The van der Waals surface area contributed by atoms with Crippen molar-refractivity contribution in [2.75, 3.05) is 13.7 Å². The summed E-state index contributed by atoms with van der Waals surface area (Å²) >= 11 is 0. The van der Waals surface area contributed by atoms with Gasteiger partial charge in [-0.05, 0) is 19.3 Å². The van der Waals surface area contributed by atoms with Crippen molar-refractivity contribution in [2.45, 2.75) is 32.3 Å². The van der Waals surface area contributed by atoms with Gasteiger partial charge in [-0.25, -0.2) is 0 Å². The molecule has 1 N–H and O–H groups in total. The second-order valence-electron chi connectivity index (χ2n) is 2.13. The van der Waals surface area contributed by atoms with Gasteiger partial charge in [0.05, 0.1) is 6.10 Å². The van der Waals surface area contributed by atoms with Gasteiger partial charge in [0.25, 0.3) is 0 Å². The lowest BCUT2D eigenvalue weighted by Crippen LogP contribution is -2.08. The molecule has 0 bridgehead atoms. The summed E-state index contributed by atoms with van der Waals surface area (Å²) < 4.78 is 5.09. The Kier molecular flexibility index (Phi) is 5.99. The van der Waals surface area contributed by atoms with Crippen molar-refractivity contribution in [3.63, 3.8) is 0 Å². The summed E-state index contributed by atoms with van der Waals surface area (Å²) in [5, 5.41) is 8.45. The molecule has 0 aliphatic carbocycles. The molecule has 0 radical (unpaired) electrons. The molecule has 0 spiro atoms. The van der Waals surface area contributed by atoms with E-state index in [1.807, 2.05) is 0 Å². The van der Waals surface area contributed by atoms with Crippen LogP contribution in [0.1, 0.15) is 26.2 Å². The van der Waals surface area contributed by atoms with Gasteiger partial charge >= 0.3 is 0 Å². The Morgan fingerprint density at radius 1 is 1.56 bits per heavy atom.